The summed E-state index contributed by atoms with van der Waals surface area (Å²) in [6, 6.07) is 36.6. The van der Waals surface area contributed by atoms with Crippen molar-refractivity contribution in [3.8, 4) is 28.7 Å². The fourth-order valence-corrected chi connectivity index (χ4v) is 4.69. The summed E-state index contributed by atoms with van der Waals surface area (Å²) in [5.74, 6) is 1.86. The smallest absolute Gasteiger partial charge is 0.238 e. The van der Waals surface area contributed by atoms with Crippen LogP contribution >= 0.6 is 0 Å². The predicted molar refractivity (Wildman–Crippen MR) is 140 cm³/mol. The van der Waals surface area contributed by atoms with Gasteiger partial charge in [0, 0.05) is 33.5 Å². The zero-order valence-corrected chi connectivity index (χ0v) is 18.7. The second kappa shape index (κ2) is 7.85. The number of hydrogen-bond donors (Lipinski definition) is 0. The van der Waals surface area contributed by atoms with Gasteiger partial charge in [-0.1, -0.05) is 97.1 Å². The van der Waals surface area contributed by atoms with Crippen LogP contribution in [0, 0.1) is 0 Å². The van der Waals surface area contributed by atoms with Crippen LogP contribution in [0.15, 0.2) is 115 Å². The third kappa shape index (κ3) is 3.17. The monoisotopic (exact) mass is 449 g/mol. The van der Waals surface area contributed by atoms with Crippen molar-refractivity contribution in [2.24, 2.45) is 0 Å². The molecule has 0 N–H and O–H groups in total. The summed E-state index contributed by atoms with van der Waals surface area (Å²) < 4.78 is 2.15. The maximum Gasteiger partial charge on any atom is 0.238 e. The van der Waals surface area contributed by atoms with E-state index in [1.165, 1.54) is 0 Å². The Labute approximate surface area is 201 Å². The minimum Gasteiger partial charge on any atom is -0.277 e. The van der Waals surface area contributed by atoms with Crippen LogP contribution < -0.4 is 0 Å². The van der Waals surface area contributed by atoms with E-state index in [0.717, 1.165) is 43.8 Å². The van der Waals surface area contributed by atoms with E-state index >= 15 is 0 Å². The Hall–Kier alpha value is -4.90. The number of benzene rings is 4. The molecule has 0 bridgehead atoms. The van der Waals surface area contributed by atoms with E-state index in [4.69, 9.17) is 19.9 Å². The first-order chi connectivity index (χ1) is 17.4. The maximum atomic E-state index is 5.00. The second-order valence-corrected chi connectivity index (χ2v) is 8.40. The van der Waals surface area contributed by atoms with Crippen molar-refractivity contribution >= 4 is 32.7 Å². The topological polar surface area (TPSA) is 56.5 Å². The Morgan fingerprint density at radius 3 is 1.74 bits per heavy atom. The Kier molecular flexibility index (Phi) is 4.39. The molecule has 0 spiro atoms. The molecule has 0 aliphatic heterocycles. The molecule has 5 heteroatoms. The summed E-state index contributed by atoms with van der Waals surface area (Å²) in [6.45, 7) is 0. The lowest BCUT2D eigenvalue weighted by molar-refractivity contribution is 0.955. The minimum absolute atomic E-state index is 0.584. The summed E-state index contributed by atoms with van der Waals surface area (Å²) in [5.41, 5.74) is 4.90. The van der Waals surface area contributed by atoms with E-state index in [1.54, 1.807) is 0 Å². The molecule has 0 saturated carbocycles. The molecule has 0 fully saturated rings. The van der Waals surface area contributed by atoms with Crippen LogP contribution in [0.1, 0.15) is 0 Å². The van der Waals surface area contributed by atoms with Gasteiger partial charge in [-0.2, -0.15) is 9.97 Å². The molecule has 0 aliphatic rings. The lowest BCUT2D eigenvalue weighted by Gasteiger charge is -2.11. The van der Waals surface area contributed by atoms with Crippen molar-refractivity contribution in [3.05, 3.63) is 115 Å². The van der Waals surface area contributed by atoms with E-state index in [-0.39, 0.29) is 0 Å². The number of fused-ring (bicyclic) bond motifs is 5. The number of hydrogen-bond acceptors (Lipinski definition) is 4. The van der Waals surface area contributed by atoms with E-state index in [2.05, 4.69) is 28.8 Å². The highest BCUT2D eigenvalue weighted by Gasteiger charge is 2.19. The Bertz CT molecular complexity index is 1780. The van der Waals surface area contributed by atoms with Gasteiger partial charge in [0.25, 0.3) is 0 Å². The van der Waals surface area contributed by atoms with Crippen LogP contribution in [0.3, 0.4) is 0 Å². The molecule has 0 unspecified atom stereocenters. The van der Waals surface area contributed by atoms with Gasteiger partial charge in [0.15, 0.2) is 11.6 Å². The van der Waals surface area contributed by atoms with Crippen molar-refractivity contribution in [1.82, 2.24) is 24.5 Å². The highest BCUT2D eigenvalue weighted by Crippen LogP contribution is 2.35. The summed E-state index contributed by atoms with van der Waals surface area (Å²) in [7, 11) is 0. The number of nitrogens with zero attached hydrogens (tertiary/aromatic N) is 5. The SMILES string of the molecule is c1ccc(-c2nc(-c3ccccc3)nc(-n3c4ccccc4c4cnc5ccccc5c43)n2)cc1. The van der Waals surface area contributed by atoms with Gasteiger partial charge in [-0.3, -0.25) is 9.55 Å². The molecule has 3 heterocycles. The second-order valence-electron chi connectivity index (χ2n) is 8.40. The molecule has 7 aromatic rings. The van der Waals surface area contributed by atoms with Gasteiger partial charge in [-0.05, 0) is 12.1 Å². The number of pyridine rings is 1. The largest absolute Gasteiger partial charge is 0.277 e. The molecule has 35 heavy (non-hydrogen) atoms. The van der Waals surface area contributed by atoms with E-state index in [1.807, 2.05) is 91.1 Å². The van der Waals surface area contributed by atoms with E-state index in [0.29, 0.717) is 17.6 Å². The average molecular weight is 450 g/mol. The van der Waals surface area contributed by atoms with Crippen LogP contribution in [-0.2, 0) is 0 Å². The van der Waals surface area contributed by atoms with Crippen LogP contribution in [0.5, 0.6) is 0 Å². The van der Waals surface area contributed by atoms with Gasteiger partial charge >= 0.3 is 0 Å². The van der Waals surface area contributed by atoms with Crippen LogP contribution in [0.4, 0.5) is 0 Å². The predicted octanol–water partition coefficient (Wildman–Crippen LogP) is 6.85. The molecule has 4 aromatic carbocycles. The molecule has 0 radical (unpaired) electrons. The summed E-state index contributed by atoms with van der Waals surface area (Å²) >= 11 is 0. The van der Waals surface area contributed by atoms with Crippen LogP contribution in [0.2, 0.25) is 0 Å². The van der Waals surface area contributed by atoms with Gasteiger partial charge < -0.3 is 0 Å². The maximum absolute atomic E-state index is 5.00. The van der Waals surface area contributed by atoms with Gasteiger partial charge in [0.05, 0.1) is 16.6 Å². The molecule has 0 saturated heterocycles. The molecular weight excluding hydrogens is 430 g/mol. The van der Waals surface area contributed by atoms with Crippen molar-refractivity contribution in [3.63, 3.8) is 0 Å². The third-order valence-electron chi connectivity index (χ3n) is 6.29. The third-order valence-corrected chi connectivity index (χ3v) is 6.29. The molecule has 164 valence electrons. The highest BCUT2D eigenvalue weighted by molar-refractivity contribution is 6.17. The van der Waals surface area contributed by atoms with E-state index < -0.39 is 0 Å². The van der Waals surface area contributed by atoms with Gasteiger partial charge in [-0.15, -0.1) is 0 Å². The first-order valence-electron chi connectivity index (χ1n) is 11.5. The molecule has 5 nitrogen and oxygen atoms in total. The fraction of sp³-hybridized carbons (Fsp3) is 0. The lowest BCUT2D eigenvalue weighted by atomic mass is 10.1. The minimum atomic E-state index is 0.584. The van der Waals surface area contributed by atoms with Crippen molar-refractivity contribution in [1.29, 1.82) is 0 Å². The van der Waals surface area contributed by atoms with Gasteiger partial charge in [0.1, 0.15) is 0 Å². The summed E-state index contributed by atoms with van der Waals surface area (Å²) in [5, 5.41) is 3.25. The molecule has 0 aliphatic carbocycles. The van der Waals surface area contributed by atoms with Crippen molar-refractivity contribution in [2.75, 3.05) is 0 Å². The number of para-hydroxylation sites is 2. The molecule has 7 rings (SSSR count). The summed E-state index contributed by atoms with van der Waals surface area (Å²) in [4.78, 5) is 19.6. The lowest BCUT2D eigenvalue weighted by Crippen LogP contribution is -2.06. The average Bonchev–Trinajstić information content (AvgIpc) is 3.29. The van der Waals surface area contributed by atoms with E-state index in [9.17, 15) is 0 Å². The highest BCUT2D eigenvalue weighted by atomic mass is 15.2. The first-order valence-corrected chi connectivity index (χ1v) is 11.5. The zero-order chi connectivity index (χ0) is 23.2. The van der Waals surface area contributed by atoms with Gasteiger partial charge in [-0.25, -0.2) is 4.98 Å². The first kappa shape index (κ1) is 19.6. The zero-order valence-electron chi connectivity index (χ0n) is 18.7. The molecule has 0 atom stereocenters. The Morgan fingerprint density at radius 1 is 0.486 bits per heavy atom. The van der Waals surface area contributed by atoms with Gasteiger partial charge in [0.2, 0.25) is 5.95 Å². The van der Waals surface area contributed by atoms with Crippen molar-refractivity contribution < 1.29 is 0 Å². The normalized spacial score (nSPS) is 11.4. The number of aromatic nitrogens is 5. The molecule has 0 amide bonds. The number of rotatable bonds is 3. The Morgan fingerprint density at radius 2 is 1.06 bits per heavy atom. The molecule has 3 aromatic heterocycles. The standard InChI is InChI=1S/C30H19N5/c1-3-11-20(12-4-1)28-32-29(21-13-5-2-6-14-21)34-30(33-28)35-26-18-10-8-15-22(26)24-19-31-25-17-9-7-16-23(25)27(24)35/h1-19H. The summed E-state index contributed by atoms with van der Waals surface area (Å²) in [6.07, 6.45) is 1.95. The van der Waals surface area contributed by atoms with Crippen LogP contribution in [0.25, 0.3) is 61.4 Å². The Balaban J connectivity index is 1.62. The van der Waals surface area contributed by atoms with Crippen molar-refractivity contribution in [2.45, 2.75) is 0 Å². The quantitative estimate of drug-likeness (QED) is 0.296. The fourth-order valence-electron chi connectivity index (χ4n) is 4.69. The van der Waals surface area contributed by atoms with Crippen LogP contribution in [-0.4, -0.2) is 24.5 Å². The molecular formula is C30H19N5.